The number of benzene rings is 1. The topological polar surface area (TPSA) is 59.8 Å². The molecule has 0 aliphatic heterocycles. The molecule has 1 amide bonds. The molecule has 3 aromatic heterocycles. The second-order valence-corrected chi connectivity index (χ2v) is 6.78. The smallest absolute Gasteiger partial charge is 0.265 e. The van der Waals surface area contributed by atoms with Crippen LogP contribution >= 0.6 is 11.3 Å². The third kappa shape index (κ3) is 3.16. The van der Waals surface area contributed by atoms with E-state index in [1.54, 1.807) is 18.5 Å². The molecule has 3 heterocycles. The van der Waals surface area contributed by atoms with E-state index in [4.69, 9.17) is 0 Å². The second-order valence-electron chi connectivity index (χ2n) is 5.75. The zero-order chi connectivity index (χ0) is 17.2. The highest BCUT2D eigenvalue weighted by Gasteiger charge is 2.16. The molecule has 0 spiro atoms. The number of amides is 1. The van der Waals surface area contributed by atoms with Crippen molar-refractivity contribution in [3.8, 4) is 0 Å². The Kier molecular flexibility index (Phi) is 4.03. The van der Waals surface area contributed by atoms with Crippen molar-refractivity contribution in [1.82, 2.24) is 14.8 Å². The zero-order valence-corrected chi connectivity index (χ0v) is 14.5. The van der Waals surface area contributed by atoms with Crippen molar-refractivity contribution in [3.63, 3.8) is 0 Å². The minimum atomic E-state index is -0.125. The second kappa shape index (κ2) is 6.49. The molecular formula is C19H16N4OS. The fraction of sp³-hybridized carbons (Fsp3) is 0.105. The SMILES string of the molecule is Cc1nn(Cc2ccccc2)c2sc(C(=O)Nc3cccnc3)cc12. The van der Waals surface area contributed by atoms with E-state index in [1.165, 1.54) is 16.9 Å². The number of pyridine rings is 1. The Hall–Kier alpha value is -2.99. The number of anilines is 1. The third-order valence-corrected chi connectivity index (χ3v) is 5.07. The van der Waals surface area contributed by atoms with Crippen LogP contribution in [0.5, 0.6) is 0 Å². The van der Waals surface area contributed by atoms with Crippen molar-refractivity contribution in [1.29, 1.82) is 0 Å². The Balaban J connectivity index is 1.64. The quantitative estimate of drug-likeness (QED) is 0.604. The van der Waals surface area contributed by atoms with Crippen LogP contribution in [0.15, 0.2) is 60.9 Å². The number of thiophene rings is 1. The molecule has 0 atom stereocenters. The van der Waals surface area contributed by atoms with E-state index in [0.717, 1.165) is 15.9 Å². The molecule has 0 radical (unpaired) electrons. The maximum atomic E-state index is 12.5. The highest BCUT2D eigenvalue weighted by Crippen LogP contribution is 2.29. The van der Waals surface area contributed by atoms with Gasteiger partial charge >= 0.3 is 0 Å². The van der Waals surface area contributed by atoms with E-state index in [0.29, 0.717) is 17.1 Å². The van der Waals surface area contributed by atoms with E-state index < -0.39 is 0 Å². The van der Waals surface area contributed by atoms with Gasteiger partial charge in [-0.2, -0.15) is 5.10 Å². The molecule has 0 aliphatic rings. The summed E-state index contributed by atoms with van der Waals surface area (Å²) >= 11 is 1.46. The van der Waals surface area contributed by atoms with Gasteiger partial charge in [0.15, 0.2) is 0 Å². The van der Waals surface area contributed by atoms with Gasteiger partial charge in [0.25, 0.3) is 5.91 Å². The lowest BCUT2D eigenvalue weighted by Crippen LogP contribution is -2.10. The number of carbonyl (C=O) groups excluding carboxylic acids is 1. The number of nitrogens with zero attached hydrogens (tertiary/aromatic N) is 3. The van der Waals surface area contributed by atoms with Crippen LogP contribution in [0.1, 0.15) is 20.9 Å². The Bertz CT molecular complexity index is 1020. The summed E-state index contributed by atoms with van der Waals surface area (Å²) in [7, 11) is 0. The van der Waals surface area contributed by atoms with Gasteiger partial charge < -0.3 is 5.32 Å². The summed E-state index contributed by atoms with van der Waals surface area (Å²) in [4.78, 5) is 18.2. The van der Waals surface area contributed by atoms with Crippen LogP contribution in [0.3, 0.4) is 0 Å². The van der Waals surface area contributed by atoms with Gasteiger partial charge in [0.1, 0.15) is 4.83 Å². The van der Waals surface area contributed by atoms with Crippen LogP contribution < -0.4 is 5.32 Å². The maximum Gasteiger partial charge on any atom is 0.265 e. The summed E-state index contributed by atoms with van der Waals surface area (Å²) in [6.45, 7) is 2.66. The fourth-order valence-electron chi connectivity index (χ4n) is 2.72. The van der Waals surface area contributed by atoms with Crippen molar-refractivity contribution in [2.24, 2.45) is 0 Å². The Morgan fingerprint density at radius 3 is 2.80 bits per heavy atom. The van der Waals surface area contributed by atoms with Crippen molar-refractivity contribution in [3.05, 3.63) is 77.1 Å². The number of rotatable bonds is 4. The molecular weight excluding hydrogens is 332 g/mol. The standard InChI is InChI=1S/C19H16N4OS/c1-13-16-10-17(18(24)21-15-8-5-9-20-11-15)25-19(16)23(22-13)12-14-6-3-2-4-7-14/h2-11H,12H2,1H3,(H,21,24). The van der Waals surface area contributed by atoms with Crippen molar-refractivity contribution in [2.45, 2.75) is 13.5 Å². The van der Waals surface area contributed by atoms with Crippen molar-refractivity contribution < 1.29 is 4.79 Å². The van der Waals surface area contributed by atoms with E-state index in [1.807, 2.05) is 41.9 Å². The number of aromatic nitrogens is 3. The predicted octanol–water partition coefficient (Wildman–Crippen LogP) is 4.10. The summed E-state index contributed by atoms with van der Waals surface area (Å²) in [6.07, 6.45) is 3.31. The van der Waals surface area contributed by atoms with Crippen LogP contribution in [-0.2, 0) is 6.54 Å². The maximum absolute atomic E-state index is 12.5. The molecule has 0 saturated carbocycles. The molecule has 4 rings (SSSR count). The van der Waals surface area contributed by atoms with Crippen LogP contribution in [0.2, 0.25) is 0 Å². The van der Waals surface area contributed by atoms with E-state index >= 15 is 0 Å². The largest absolute Gasteiger partial charge is 0.320 e. The fourth-order valence-corrected chi connectivity index (χ4v) is 3.77. The van der Waals surface area contributed by atoms with Crippen LogP contribution in [0.4, 0.5) is 5.69 Å². The molecule has 5 nitrogen and oxygen atoms in total. The minimum absolute atomic E-state index is 0.125. The van der Waals surface area contributed by atoms with Crippen molar-refractivity contribution >= 4 is 33.1 Å². The van der Waals surface area contributed by atoms with Crippen LogP contribution in [0, 0.1) is 6.92 Å². The summed E-state index contributed by atoms with van der Waals surface area (Å²) < 4.78 is 1.96. The highest BCUT2D eigenvalue weighted by molar-refractivity contribution is 7.20. The van der Waals surface area contributed by atoms with E-state index in [9.17, 15) is 4.79 Å². The first-order chi connectivity index (χ1) is 12.2. The lowest BCUT2D eigenvalue weighted by molar-refractivity contribution is 0.103. The number of nitrogens with one attached hydrogen (secondary N) is 1. The average Bonchev–Trinajstić information content (AvgIpc) is 3.19. The minimum Gasteiger partial charge on any atom is -0.320 e. The third-order valence-electron chi connectivity index (χ3n) is 3.93. The molecule has 0 bridgehead atoms. The summed E-state index contributed by atoms with van der Waals surface area (Å²) in [5, 5.41) is 8.52. The number of fused-ring (bicyclic) bond motifs is 1. The predicted molar refractivity (Wildman–Crippen MR) is 100 cm³/mol. The lowest BCUT2D eigenvalue weighted by atomic mass is 10.2. The molecule has 25 heavy (non-hydrogen) atoms. The van der Waals surface area contributed by atoms with Gasteiger partial charge in [0.05, 0.1) is 29.0 Å². The van der Waals surface area contributed by atoms with Gasteiger partial charge in [-0.15, -0.1) is 11.3 Å². The Morgan fingerprint density at radius 1 is 1.20 bits per heavy atom. The van der Waals surface area contributed by atoms with Crippen LogP contribution in [0.25, 0.3) is 10.2 Å². The normalized spacial score (nSPS) is 10.9. The molecule has 0 unspecified atom stereocenters. The lowest BCUT2D eigenvalue weighted by Gasteiger charge is -2.03. The molecule has 6 heteroatoms. The highest BCUT2D eigenvalue weighted by atomic mass is 32.1. The van der Waals surface area contributed by atoms with Gasteiger partial charge in [-0.3, -0.25) is 14.5 Å². The monoisotopic (exact) mass is 348 g/mol. The van der Waals surface area contributed by atoms with Gasteiger partial charge in [-0.25, -0.2) is 0 Å². The number of hydrogen-bond donors (Lipinski definition) is 1. The van der Waals surface area contributed by atoms with Gasteiger partial charge in [-0.05, 0) is 30.7 Å². The molecule has 1 N–H and O–H groups in total. The van der Waals surface area contributed by atoms with Gasteiger partial charge in [0.2, 0.25) is 0 Å². The molecule has 0 fully saturated rings. The zero-order valence-electron chi connectivity index (χ0n) is 13.6. The molecule has 4 aromatic rings. The van der Waals surface area contributed by atoms with Gasteiger partial charge in [0, 0.05) is 11.6 Å². The van der Waals surface area contributed by atoms with E-state index in [-0.39, 0.29) is 5.91 Å². The Morgan fingerprint density at radius 2 is 2.04 bits per heavy atom. The van der Waals surface area contributed by atoms with E-state index in [2.05, 4.69) is 27.5 Å². The molecule has 0 aliphatic carbocycles. The van der Waals surface area contributed by atoms with Crippen LogP contribution in [-0.4, -0.2) is 20.7 Å². The summed E-state index contributed by atoms with van der Waals surface area (Å²) in [6, 6.07) is 15.7. The molecule has 124 valence electrons. The number of aryl methyl sites for hydroxylation is 1. The number of carbonyl (C=O) groups is 1. The summed E-state index contributed by atoms with van der Waals surface area (Å²) in [5.74, 6) is -0.125. The van der Waals surface area contributed by atoms with Crippen molar-refractivity contribution in [2.75, 3.05) is 5.32 Å². The van der Waals surface area contributed by atoms with Gasteiger partial charge in [-0.1, -0.05) is 30.3 Å². The summed E-state index contributed by atoms with van der Waals surface area (Å²) in [5.41, 5.74) is 2.80. The molecule has 0 saturated heterocycles. The molecule has 1 aromatic carbocycles. The Labute approximate surface area is 149 Å². The average molecular weight is 348 g/mol. The number of hydrogen-bond acceptors (Lipinski definition) is 4. The first-order valence-electron chi connectivity index (χ1n) is 7.93. The first kappa shape index (κ1) is 15.5. The first-order valence-corrected chi connectivity index (χ1v) is 8.74.